The number of methoxy groups -OCH3 is 1. The number of halogens is 2. The van der Waals surface area contributed by atoms with Crippen LogP contribution in [0.2, 0.25) is 0 Å². The molecule has 0 fully saturated rings. The van der Waals surface area contributed by atoms with Crippen LogP contribution in [0.25, 0.3) is 0 Å². The summed E-state index contributed by atoms with van der Waals surface area (Å²) in [5, 5.41) is 0. The molecule has 0 aliphatic carbocycles. The van der Waals surface area contributed by atoms with E-state index < -0.39 is 21.9 Å². The van der Waals surface area contributed by atoms with Crippen LogP contribution in [-0.2, 0) is 10.0 Å². The van der Waals surface area contributed by atoms with Gasteiger partial charge in [0.25, 0.3) is 0 Å². The second kappa shape index (κ2) is 6.98. The number of benzene rings is 2. The second-order valence-electron chi connectivity index (χ2n) is 5.15. The van der Waals surface area contributed by atoms with Gasteiger partial charge in [-0.3, -0.25) is 0 Å². The molecule has 0 amide bonds. The average molecular weight is 402 g/mol. The van der Waals surface area contributed by atoms with E-state index in [1.165, 1.54) is 25.3 Å². The zero-order valence-electron chi connectivity index (χ0n) is 12.9. The molecule has 2 aromatic rings. The number of hydrogen-bond donors (Lipinski definition) is 1. The monoisotopic (exact) mass is 401 g/mol. The van der Waals surface area contributed by atoms with E-state index in [-0.39, 0.29) is 10.6 Å². The van der Waals surface area contributed by atoms with Gasteiger partial charge in [0.2, 0.25) is 10.0 Å². The fraction of sp³-hybridized carbons (Fsp3) is 0.250. The number of ether oxygens (including phenoxy) is 1. The molecule has 0 aliphatic rings. The van der Waals surface area contributed by atoms with Crippen molar-refractivity contribution in [3.05, 3.63) is 57.8 Å². The first-order chi connectivity index (χ1) is 10.7. The SMILES string of the molecule is COc1ccc(C(C)NS(=O)(=O)c2ccc(Br)c(C)c2)cc1F. The number of sulfonamides is 1. The molecule has 0 spiro atoms. The van der Waals surface area contributed by atoms with Crippen molar-refractivity contribution in [1.82, 2.24) is 4.72 Å². The lowest BCUT2D eigenvalue weighted by Crippen LogP contribution is -2.27. The Morgan fingerprint density at radius 2 is 1.91 bits per heavy atom. The number of rotatable bonds is 5. The third-order valence-electron chi connectivity index (χ3n) is 3.45. The van der Waals surface area contributed by atoms with Crippen LogP contribution in [0.1, 0.15) is 24.1 Å². The maximum atomic E-state index is 13.8. The Hall–Kier alpha value is -1.44. The molecule has 0 aliphatic heterocycles. The van der Waals surface area contributed by atoms with Gasteiger partial charge in [-0.25, -0.2) is 17.5 Å². The van der Waals surface area contributed by atoms with E-state index in [0.717, 1.165) is 10.0 Å². The lowest BCUT2D eigenvalue weighted by molar-refractivity contribution is 0.386. The quantitative estimate of drug-likeness (QED) is 0.824. The Morgan fingerprint density at radius 1 is 1.22 bits per heavy atom. The molecule has 0 bridgehead atoms. The van der Waals surface area contributed by atoms with Crippen molar-refractivity contribution in [1.29, 1.82) is 0 Å². The van der Waals surface area contributed by atoms with E-state index in [2.05, 4.69) is 20.7 Å². The lowest BCUT2D eigenvalue weighted by Gasteiger charge is -2.16. The zero-order chi connectivity index (χ0) is 17.2. The van der Waals surface area contributed by atoms with Gasteiger partial charge in [0, 0.05) is 10.5 Å². The van der Waals surface area contributed by atoms with Crippen molar-refractivity contribution in [2.24, 2.45) is 0 Å². The number of aryl methyl sites for hydroxylation is 1. The molecule has 1 N–H and O–H groups in total. The normalized spacial score (nSPS) is 12.9. The molecule has 1 atom stereocenters. The minimum atomic E-state index is -3.70. The van der Waals surface area contributed by atoms with Crippen molar-refractivity contribution in [3.8, 4) is 5.75 Å². The molecule has 2 aromatic carbocycles. The Bertz CT molecular complexity index is 824. The fourth-order valence-corrected chi connectivity index (χ4v) is 3.67. The zero-order valence-corrected chi connectivity index (χ0v) is 15.3. The van der Waals surface area contributed by atoms with E-state index >= 15 is 0 Å². The molecule has 0 radical (unpaired) electrons. The van der Waals surface area contributed by atoms with Gasteiger partial charge in [0.05, 0.1) is 12.0 Å². The van der Waals surface area contributed by atoms with Gasteiger partial charge in [-0.15, -0.1) is 0 Å². The van der Waals surface area contributed by atoms with Crippen molar-refractivity contribution in [3.63, 3.8) is 0 Å². The van der Waals surface area contributed by atoms with Crippen LogP contribution < -0.4 is 9.46 Å². The van der Waals surface area contributed by atoms with Gasteiger partial charge in [0.1, 0.15) is 0 Å². The molecule has 4 nitrogen and oxygen atoms in total. The topological polar surface area (TPSA) is 55.4 Å². The summed E-state index contributed by atoms with van der Waals surface area (Å²) in [7, 11) is -2.32. The summed E-state index contributed by atoms with van der Waals surface area (Å²) in [5.41, 5.74) is 1.33. The van der Waals surface area contributed by atoms with E-state index in [1.807, 2.05) is 6.92 Å². The summed E-state index contributed by atoms with van der Waals surface area (Å²) in [4.78, 5) is 0.166. The molecule has 2 rings (SSSR count). The third kappa shape index (κ3) is 4.10. The molecule has 0 saturated heterocycles. The molecular weight excluding hydrogens is 385 g/mol. The summed E-state index contributed by atoms with van der Waals surface area (Å²) in [6.07, 6.45) is 0. The van der Waals surface area contributed by atoms with E-state index in [1.54, 1.807) is 25.1 Å². The minimum absolute atomic E-state index is 0.118. The van der Waals surface area contributed by atoms with Gasteiger partial charge in [-0.1, -0.05) is 22.0 Å². The van der Waals surface area contributed by atoms with Crippen LogP contribution in [-0.4, -0.2) is 15.5 Å². The van der Waals surface area contributed by atoms with E-state index in [0.29, 0.717) is 5.56 Å². The summed E-state index contributed by atoms with van der Waals surface area (Å²) in [5.74, 6) is -0.414. The van der Waals surface area contributed by atoms with E-state index in [4.69, 9.17) is 4.74 Å². The van der Waals surface area contributed by atoms with Crippen molar-refractivity contribution >= 4 is 26.0 Å². The molecule has 7 heteroatoms. The fourth-order valence-electron chi connectivity index (χ4n) is 2.11. The molecule has 0 aromatic heterocycles. The number of hydrogen-bond acceptors (Lipinski definition) is 3. The maximum Gasteiger partial charge on any atom is 0.241 e. The first-order valence-electron chi connectivity index (χ1n) is 6.86. The standard InChI is InChI=1S/C16H17BrFNO3S/c1-10-8-13(5-6-14(10)17)23(20,21)19-11(2)12-4-7-16(22-3)15(18)9-12/h4-9,11,19H,1-3H3. The molecular formula is C16H17BrFNO3S. The predicted molar refractivity (Wildman–Crippen MR) is 90.6 cm³/mol. The molecule has 124 valence electrons. The van der Waals surface area contributed by atoms with Crippen molar-refractivity contribution < 1.29 is 17.5 Å². The first-order valence-corrected chi connectivity index (χ1v) is 9.14. The van der Waals surface area contributed by atoms with Gasteiger partial charge in [0.15, 0.2) is 11.6 Å². The smallest absolute Gasteiger partial charge is 0.241 e. The molecule has 23 heavy (non-hydrogen) atoms. The average Bonchev–Trinajstić information content (AvgIpc) is 2.49. The highest BCUT2D eigenvalue weighted by molar-refractivity contribution is 9.10. The Labute approximate surface area is 143 Å². The van der Waals surface area contributed by atoms with Crippen LogP contribution in [0.3, 0.4) is 0 Å². The molecule has 0 saturated carbocycles. The third-order valence-corrected chi connectivity index (χ3v) is 5.88. The van der Waals surface area contributed by atoms with Crippen molar-refractivity contribution in [2.45, 2.75) is 24.8 Å². The summed E-state index contributed by atoms with van der Waals surface area (Å²) in [6, 6.07) is 8.56. The largest absolute Gasteiger partial charge is 0.494 e. The van der Waals surface area contributed by atoms with Gasteiger partial charge in [-0.2, -0.15) is 0 Å². The van der Waals surface area contributed by atoms with Gasteiger partial charge in [-0.05, 0) is 55.3 Å². The predicted octanol–water partition coefficient (Wildman–Crippen LogP) is 3.94. The maximum absolute atomic E-state index is 13.8. The summed E-state index contributed by atoms with van der Waals surface area (Å²) < 4.78 is 46.9. The Morgan fingerprint density at radius 3 is 2.48 bits per heavy atom. The Balaban J connectivity index is 2.25. The van der Waals surface area contributed by atoms with Crippen LogP contribution >= 0.6 is 15.9 Å². The number of nitrogens with one attached hydrogen (secondary N) is 1. The summed E-state index contributed by atoms with van der Waals surface area (Å²) in [6.45, 7) is 3.47. The highest BCUT2D eigenvalue weighted by atomic mass is 79.9. The molecule has 1 unspecified atom stereocenters. The highest BCUT2D eigenvalue weighted by Crippen LogP contribution is 2.24. The summed E-state index contributed by atoms with van der Waals surface area (Å²) >= 11 is 3.34. The van der Waals surface area contributed by atoms with Crippen molar-refractivity contribution in [2.75, 3.05) is 7.11 Å². The lowest BCUT2D eigenvalue weighted by atomic mass is 10.1. The first kappa shape index (κ1) is 17.9. The van der Waals surface area contributed by atoms with Crippen LogP contribution in [0.4, 0.5) is 4.39 Å². The second-order valence-corrected chi connectivity index (χ2v) is 7.72. The van der Waals surface area contributed by atoms with Gasteiger partial charge < -0.3 is 4.74 Å². The van der Waals surface area contributed by atoms with Crippen LogP contribution in [0, 0.1) is 12.7 Å². The minimum Gasteiger partial charge on any atom is -0.494 e. The van der Waals surface area contributed by atoms with Crippen LogP contribution in [0.15, 0.2) is 45.8 Å². The Kier molecular flexibility index (Phi) is 5.44. The highest BCUT2D eigenvalue weighted by Gasteiger charge is 2.19. The molecule has 0 heterocycles. The van der Waals surface area contributed by atoms with Crippen LogP contribution in [0.5, 0.6) is 5.75 Å². The van der Waals surface area contributed by atoms with Gasteiger partial charge >= 0.3 is 0 Å². The van der Waals surface area contributed by atoms with E-state index in [9.17, 15) is 12.8 Å².